The van der Waals surface area contributed by atoms with Crippen LogP contribution in [0.15, 0.2) is 59.6 Å². The van der Waals surface area contributed by atoms with Gasteiger partial charge in [-0.15, -0.1) is 0 Å². The predicted octanol–water partition coefficient (Wildman–Crippen LogP) is 3.25. The second-order valence-electron chi connectivity index (χ2n) is 4.71. The van der Waals surface area contributed by atoms with Gasteiger partial charge in [0.05, 0.1) is 0 Å². The zero-order chi connectivity index (χ0) is 14.9. The van der Waals surface area contributed by atoms with E-state index in [9.17, 15) is 0 Å². The lowest BCUT2D eigenvalue weighted by atomic mass is 10.1. The molecule has 2 aromatic rings. The first kappa shape index (κ1) is 15.4. The van der Waals surface area contributed by atoms with E-state index in [0.717, 1.165) is 30.5 Å². The minimum absolute atomic E-state index is 0.724. The molecule has 4 heteroatoms. The smallest absolute Gasteiger partial charge is 0.191 e. The van der Waals surface area contributed by atoms with Crippen molar-refractivity contribution in [2.75, 3.05) is 13.6 Å². The minimum Gasteiger partial charge on any atom is -0.356 e. The molecule has 2 N–H and O–H groups in total. The van der Waals surface area contributed by atoms with Crippen LogP contribution in [-0.2, 0) is 13.0 Å². The van der Waals surface area contributed by atoms with E-state index in [4.69, 9.17) is 11.6 Å². The van der Waals surface area contributed by atoms with Crippen LogP contribution in [0.1, 0.15) is 11.1 Å². The highest BCUT2D eigenvalue weighted by Crippen LogP contribution is 2.09. The van der Waals surface area contributed by atoms with Crippen molar-refractivity contribution in [2.45, 2.75) is 13.0 Å². The molecule has 0 fully saturated rings. The molecule has 3 nitrogen and oxygen atoms in total. The Hall–Kier alpha value is -2.00. The van der Waals surface area contributed by atoms with Crippen molar-refractivity contribution >= 4 is 17.6 Å². The number of aliphatic imine (C=N–C) groups is 1. The highest BCUT2D eigenvalue weighted by molar-refractivity contribution is 6.30. The maximum atomic E-state index is 5.87. The Morgan fingerprint density at radius 2 is 1.67 bits per heavy atom. The molecule has 0 unspecified atom stereocenters. The molecule has 0 aliphatic heterocycles. The lowest BCUT2D eigenvalue weighted by Gasteiger charge is -2.12. The number of guanidine groups is 1. The van der Waals surface area contributed by atoms with Crippen molar-refractivity contribution in [2.24, 2.45) is 4.99 Å². The summed E-state index contributed by atoms with van der Waals surface area (Å²) < 4.78 is 0. The Labute approximate surface area is 131 Å². The standard InChI is InChI=1S/C17H20ClN3/c1-19-17(20-12-11-14-5-3-2-4-6-14)21-13-15-7-9-16(18)10-8-15/h2-10H,11-13H2,1H3,(H2,19,20,21). The summed E-state index contributed by atoms with van der Waals surface area (Å²) in [4.78, 5) is 4.22. The molecule has 0 radical (unpaired) electrons. The fourth-order valence-corrected chi connectivity index (χ4v) is 2.10. The van der Waals surface area contributed by atoms with Gasteiger partial charge in [0.25, 0.3) is 0 Å². The van der Waals surface area contributed by atoms with E-state index in [-0.39, 0.29) is 0 Å². The Morgan fingerprint density at radius 1 is 0.952 bits per heavy atom. The van der Waals surface area contributed by atoms with Crippen molar-refractivity contribution in [3.05, 3.63) is 70.7 Å². The van der Waals surface area contributed by atoms with Gasteiger partial charge in [0.15, 0.2) is 5.96 Å². The third kappa shape index (κ3) is 5.48. The second-order valence-corrected chi connectivity index (χ2v) is 5.15. The Bertz CT molecular complexity index is 564. The van der Waals surface area contributed by atoms with E-state index in [2.05, 4.69) is 39.9 Å². The van der Waals surface area contributed by atoms with Crippen molar-refractivity contribution in [1.82, 2.24) is 10.6 Å². The van der Waals surface area contributed by atoms with E-state index in [1.54, 1.807) is 7.05 Å². The molecule has 0 saturated carbocycles. The summed E-state index contributed by atoms with van der Waals surface area (Å²) >= 11 is 5.87. The molecule has 0 bridgehead atoms. The number of hydrogen-bond acceptors (Lipinski definition) is 1. The molecule has 0 aromatic heterocycles. The van der Waals surface area contributed by atoms with Crippen LogP contribution in [0.2, 0.25) is 5.02 Å². The quantitative estimate of drug-likeness (QED) is 0.657. The van der Waals surface area contributed by atoms with Gasteiger partial charge in [-0.2, -0.15) is 0 Å². The molecule has 2 aromatic carbocycles. The summed E-state index contributed by atoms with van der Waals surface area (Å²) in [5.74, 6) is 0.806. The van der Waals surface area contributed by atoms with Crippen LogP contribution >= 0.6 is 11.6 Å². The fourth-order valence-electron chi connectivity index (χ4n) is 1.98. The summed E-state index contributed by atoms with van der Waals surface area (Å²) in [5.41, 5.74) is 2.49. The molecular weight excluding hydrogens is 282 g/mol. The van der Waals surface area contributed by atoms with Gasteiger partial charge in [0.2, 0.25) is 0 Å². The summed E-state index contributed by atoms with van der Waals surface area (Å²) in [6.45, 7) is 1.58. The highest BCUT2D eigenvalue weighted by atomic mass is 35.5. The third-order valence-electron chi connectivity index (χ3n) is 3.15. The van der Waals surface area contributed by atoms with Crippen molar-refractivity contribution in [1.29, 1.82) is 0 Å². The summed E-state index contributed by atoms with van der Waals surface area (Å²) in [6, 6.07) is 18.2. The van der Waals surface area contributed by atoms with Crippen molar-refractivity contribution < 1.29 is 0 Å². The van der Waals surface area contributed by atoms with Gasteiger partial charge < -0.3 is 10.6 Å². The van der Waals surface area contributed by atoms with E-state index in [1.807, 2.05) is 30.3 Å². The molecule has 0 aliphatic rings. The van der Waals surface area contributed by atoms with Gasteiger partial charge in [-0.25, -0.2) is 0 Å². The number of halogens is 1. The Morgan fingerprint density at radius 3 is 2.33 bits per heavy atom. The SMILES string of the molecule is CN=C(NCCc1ccccc1)NCc1ccc(Cl)cc1. The van der Waals surface area contributed by atoms with Gasteiger partial charge in [0, 0.05) is 25.2 Å². The van der Waals surface area contributed by atoms with E-state index in [1.165, 1.54) is 11.1 Å². The molecule has 0 atom stereocenters. The molecule has 0 heterocycles. The van der Waals surface area contributed by atoms with Crippen LogP contribution in [-0.4, -0.2) is 19.6 Å². The highest BCUT2D eigenvalue weighted by Gasteiger charge is 1.98. The maximum absolute atomic E-state index is 5.87. The zero-order valence-corrected chi connectivity index (χ0v) is 12.9. The van der Waals surface area contributed by atoms with Crippen molar-refractivity contribution in [3.8, 4) is 0 Å². The summed E-state index contributed by atoms with van der Waals surface area (Å²) in [6.07, 6.45) is 0.975. The molecule has 21 heavy (non-hydrogen) atoms. The van der Waals surface area contributed by atoms with E-state index in [0.29, 0.717) is 0 Å². The average molecular weight is 302 g/mol. The molecule has 0 spiro atoms. The van der Waals surface area contributed by atoms with Crippen LogP contribution in [0.25, 0.3) is 0 Å². The Balaban J connectivity index is 1.74. The first-order valence-corrected chi connectivity index (χ1v) is 7.38. The van der Waals surface area contributed by atoms with Gasteiger partial charge in [-0.05, 0) is 29.7 Å². The number of nitrogens with zero attached hydrogens (tertiary/aromatic N) is 1. The van der Waals surface area contributed by atoms with Gasteiger partial charge >= 0.3 is 0 Å². The number of hydrogen-bond donors (Lipinski definition) is 2. The molecule has 0 saturated heterocycles. The number of rotatable bonds is 5. The number of nitrogens with one attached hydrogen (secondary N) is 2. The van der Waals surface area contributed by atoms with E-state index < -0.39 is 0 Å². The van der Waals surface area contributed by atoms with Gasteiger partial charge in [0.1, 0.15) is 0 Å². The molecular formula is C17H20ClN3. The van der Waals surface area contributed by atoms with Crippen LogP contribution in [0.3, 0.4) is 0 Å². The van der Waals surface area contributed by atoms with Gasteiger partial charge in [-0.3, -0.25) is 4.99 Å². The lowest BCUT2D eigenvalue weighted by molar-refractivity contribution is 0.794. The third-order valence-corrected chi connectivity index (χ3v) is 3.40. The normalized spacial score (nSPS) is 11.2. The molecule has 0 aliphatic carbocycles. The minimum atomic E-state index is 0.724. The Kier molecular flexibility index (Phi) is 6.10. The largest absolute Gasteiger partial charge is 0.356 e. The first-order valence-electron chi connectivity index (χ1n) is 7.01. The summed E-state index contributed by atoms with van der Waals surface area (Å²) in [7, 11) is 1.78. The topological polar surface area (TPSA) is 36.4 Å². The molecule has 2 rings (SSSR count). The number of benzene rings is 2. The first-order chi connectivity index (χ1) is 10.3. The second kappa shape index (κ2) is 8.32. The van der Waals surface area contributed by atoms with E-state index >= 15 is 0 Å². The van der Waals surface area contributed by atoms with Crippen molar-refractivity contribution in [3.63, 3.8) is 0 Å². The van der Waals surface area contributed by atoms with Crippen LogP contribution in [0, 0.1) is 0 Å². The van der Waals surface area contributed by atoms with Gasteiger partial charge in [-0.1, -0.05) is 54.1 Å². The fraction of sp³-hybridized carbons (Fsp3) is 0.235. The molecule has 0 amide bonds. The monoisotopic (exact) mass is 301 g/mol. The predicted molar refractivity (Wildman–Crippen MR) is 89.8 cm³/mol. The zero-order valence-electron chi connectivity index (χ0n) is 12.1. The lowest BCUT2D eigenvalue weighted by Crippen LogP contribution is -2.37. The molecule has 110 valence electrons. The maximum Gasteiger partial charge on any atom is 0.191 e. The summed E-state index contributed by atoms with van der Waals surface area (Å²) in [5, 5.41) is 7.35. The van der Waals surface area contributed by atoms with Crippen LogP contribution in [0.4, 0.5) is 0 Å². The average Bonchev–Trinajstić information content (AvgIpc) is 2.53. The van der Waals surface area contributed by atoms with Crippen LogP contribution in [0.5, 0.6) is 0 Å². The van der Waals surface area contributed by atoms with Crippen LogP contribution < -0.4 is 10.6 Å².